The van der Waals surface area contributed by atoms with Gasteiger partial charge < -0.3 is 14.6 Å². The van der Waals surface area contributed by atoms with Crippen molar-refractivity contribution < 1.29 is 19.4 Å². The second kappa shape index (κ2) is 6.58. The summed E-state index contributed by atoms with van der Waals surface area (Å²) in [5.41, 5.74) is 0.872. The second-order valence-electron chi connectivity index (χ2n) is 3.44. The van der Waals surface area contributed by atoms with Crippen LogP contribution in [-0.2, 0) is 4.79 Å². The molecule has 1 aromatic carbocycles. The summed E-state index contributed by atoms with van der Waals surface area (Å²) >= 11 is 0. The number of methoxy groups -OCH3 is 2. The number of allylic oxidation sites excluding steroid dienone is 1. The fourth-order valence-electron chi connectivity index (χ4n) is 1.39. The minimum absolute atomic E-state index is 0.128. The van der Waals surface area contributed by atoms with Crippen molar-refractivity contribution in [3.8, 4) is 11.5 Å². The van der Waals surface area contributed by atoms with Gasteiger partial charge in [-0.25, -0.2) is 0 Å². The summed E-state index contributed by atoms with van der Waals surface area (Å²) in [7, 11) is 3.19. The summed E-state index contributed by atoms with van der Waals surface area (Å²) in [6, 6.07) is 5.47. The van der Waals surface area contributed by atoms with Crippen LogP contribution in [0.3, 0.4) is 0 Å². The van der Waals surface area contributed by atoms with Crippen molar-refractivity contribution in [2.24, 2.45) is 0 Å². The Labute approximate surface area is 100 Å². The Hall–Kier alpha value is -1.97. The maximum Gasteiger partial charge on any atom is 0.303 e. The van der Waals surface area contributed by atoms with Crippen LogP contribution in [-0.4, -0.2) is 25.3 Å². The van der Waals surface area contributed by atoms with E-state index in [1.165, 1.54) is 0 Å². The number of hydrogen-bond acceptors (Lipinski definition) is 3. The number of benzene rings is 1. The Morgan fingerprint density at radius 1 is 1.35 bits per heavy atom. The zero-order chi connectivity index (χ0) is 12.7. The van der Waals surface area contributed by atoms with Crippen LogP contribution in [0.4, 0.5) is 0 Å². The highest BCUT2D eigenvalue weighted by atomic mass is 16.5. The molecule has 0 aliphatic rings. The van der Waals surface area contributed by atoms with Crippen molar-refractivity contribution in [3.63, 3.8) is 0 Å². The zero-order valence-corrected chi connectivity index (χ0v) is 9.97. The second-order valence-corrected chi connectivity index (χ2v) is 3.44. The SMILES string of the molecule is COc1ccc(OC)c(/C=C/CCC(=O)O)c1. The van der Waals surface area contributed by atoms with Gasteiger partial charge in [-0.3, -0.25) is 4.79 Å². The number of rotatable bonds is 6. The molecule has 0 aliphatic heterocycles. The molecule has 1 N–H and O–H groups in total. The van der Waals surface area contributed by atoms with Gasteiger partial charge in [0.15, 0.2) is 0 Å². The van der Waals surface area contributed by atoms with Crippen molar-refractivity contribution in [1.82, 2.24) is 0 Å². The van der Waals surface area contributed by atoms with E-state index in [1.54, 1.807) is 14.2 Å². The topological polar surface area (TPSA) is 55.8 Å². The van der Waals surface area contributed by atoms with Crippen molar-refractivity contribution in [1.29, 1.82) is 0 Å². The monoisotopic (exact) mass is 236 g/mol. The van der Waals surface area contributed by atoms with Gasteiger partial charge in [-0.05, 0) is 24.6 Å². The summed E-state index contributed by atoms with van der Waals surface area (Å²) in [5.74, 6) is 0.674. The molecule has 0 fully saturated rings. The molecular formula is C13H16O4. The fraction of sp³-hybridized carbons (Fsp3) is 0.308. The minimum atomic E-state index is -0.799. The van der Waals surface area contributed by atoms with Gasteiger partial charge in [0.2, 0.25) is 0 Å². The Kier molecular flexibility index (Phi) is 5.07. The van der Waals surface area contributed by atoms with E-state index >= 15 is 0 Å². The molecule has 1 rings (SSSR count). The van der Waals surface area contributed by atoms with Gasteiger partial charge in [0.05, 0.1) is 14.2 Å². The van der Waals surface area contributed by atoms with Gasteiger partial charge >= 0.3 is 5.97 Å². The van der Waals surface area contributed by atoms with Crippen molar-refractivity contribution in [2.75, 3.05) is 14.2 Å². The van der Waals surface area contributed by atoms with Gasteiger partial charge in [0.25, 0.3) is 0 Å². The molecule has 0 amide bonds. The van der Waals surface area contributed by atoms with Crippen LogP contribution in [0, 0.1) is 0 Å². The summed E-state index contributed by atoms with van der Waals surface area (Å²) < 4.78 is 10.3. The molecule has 0 bridgehead atoms. The van der Waals surface area contributed by atoms with Crippen LogP contribution >= 0.6 is 0 Å². The first-order valence-electron chi connectivity index (χ1n) is 5.27. The van der Waals surface area contributed by atoms with E-state index < -0.39 is 5.97 Å². The first-order valence-corrected chi connectivity index (χ1v) is 5.27. The molecule has 17 heavy (non-hydrogen) atoms. The Bertz CT molecular complexity index is 410. The van der Waals surface area contributed by atoms with Crippen molar-refractivity contribution in [2.45, 2.75) is 12.8 Å². The van der Waals surface area contributed by atoms with Gasteiger partial charge in [-0.15, -0.1) is 0 Å². The maximum absolute atomic E-state index is 10.4. The van der Waals surface area contributed by atoms with E-state index in [1.807, 2.05) is 30.4 Å². The standard InChI is InChI=1S/C13H16O4/c1-16-11-7-8-12(17-2)10(9-11)5-3-4-6-13(14)15/h3,5,7-9H,4,6H2,1-2H3,(H,14,15)/b5-3+. The Balaban J connectivity index is 2.76. The third kappa shape index (κ3) is 4.18. The average molecular weight is 236 g/mol. The molecule has 0 unspecified atom stereocenters. The largest absolute Gasteiger partial charge is 0.497 e. The molecular weight excluding hydrogens is 220 g/mol. The highest BCUT2D eigenvalue weighted by Gasteiger charge is 2.01. The van der Waals surface area contributed by atoms with E-state index in [0.717, 1.165) is 17.1 Å². The Morgan fingerprint density at radius 3 is 2.71 bits per heavy atom. The lowest BCUT2D eigenvalue weighted by atomic mass is 10.1. The summed E-state index contributed by atoms with van der Waals surface area (Å²) in [5, 5.41) is 8.52. The summed E-state index contributed by atoms with van der Waals surface area (Å²) in [6.45, 7) is 0. The normalized spacial score (nSPS) is 10.5. The molecule has 92 valence electrons. The molecule has 0 saturated carbocycles. The fourth-order valence-corrected chi connectivity index (χ4v) is 1.39. The highest BCUT2D eigenvalue weighted by molar-refractivity contribution is 5.67. The molecule has 0 atom stereocenters. The number of ether oxygens (including phenoxy) is 2. The molecule has 4 nitrogen and oxygen atoms in total. The number of carboxylic acid groups (broad SMARTS) is 1. The Morgan fingerprint density at radius 2 is 2.12 bits per heavy atom. The first-order chi connectivity index (χ1) is 8.17. The van der Waals surface area contributed by atoms with Crippen LogP contribution in [0.5, 0.6) is 11.5 Å². The lowest BCUT2D eigenvalue weighted by molar-refractivity contribution is -0.136. The van der Waals surface area contributed by atoms with Gasteiger partial charge in [-0.1, -0.05) is 12.2 Å². The maximum atomic E-state index is 10.4. The van der Waals surface area contributed by atoms with Gasteiger partial charge in [-0.2, -0.15) is 0 Å². The molecule has 0 aliphatic carbocycles. The highest BCUT2D eigenvalue weighted by Crippen LogP contribution is 2.25. The minimum Gasteiger partial charge on any atom is -0.497 e. The third-order valence-electron chi connectivity index (χ3n) is 2.26. The lowest BCUT2D eigenvalue weighted by Gasteiger charge is -2.06. The summed E-state index contributed by atoms with van der Waals surface area (Å²) in [4.78, 5) is 10.4. The predicted molar refractivity (Wildman–Crippen MR) is 65.4 cm³/mol. The smallest absolute Gasteiger partial charge is 0.303 e. The number of carboxylic acids is 1. The van der Waals surface area contributed by atoms with Crippen LogP contribution < -0.4 is 9.47 Å². The number of carbonyl (C=O) groups is 1. The number of aliphatic carboxylic acids is 1. The molecule has 0 aromatic heterocycles. The van der Waals surface area contributed by atoms with Gasteiger partial charge in [0, 0.05) is 12.0 Å². The van der Waals surface area contributed by atoms with Crippen LogP contribution in [0.2, 0.25) is 0 Å². The van der Waals surface area contributed by atoms with Crippen molar-refractivity contribution in [3.05, 3.63) is 29.8 Å². The molecule has 4 heteroatoms. The summed E-state index contributed by atoms with van der Waals surface area (Å²) in [6.07, 6.45) is 4.27. The van der Waals surface area contributed by atoms with Crippen LogP contribution in [0.25, 0.3) is 6.08 Å². The lowest BCUT2D eigenvalue weighted by Crippen LogP contribution is -1.92. The van der Waals surface area contributed by atoms with E-state index in [4.69, 9.17) is 14.6 Å². The van der Waals surface area contributed by atoms with E-state index in [2.05, 4.69) is 0 Å². The van der Waals surface area contributed by atoms with E-state index in [0.29, 0.717) is 6.42 Å². The average Bonchev–Trinajstić information content (AvgIpc) is 2.34. The van der Waals surface area contributed by atoms with E-state index in [9.17, 15) is 4.79 Å². The molecule has 1 aromatic rings. The molecule has 0 radical (unpaired) electrons. The predicted octanol–water partition coefficient (Wildman–Crippen LogP) is 2.58. The zero-order valence-electron chi connectivity index (χ0n) is 9.97. The van der Waals surface area contributed by atoms with E-state index in [-0.39, 0.29) is 6.42 Å². The molecule has 0 saturated heterocycles. The molecule has 0 heterocycles. The first kappa shape index (κ1) is 13.1. The van der Waals surface area contributed by atoms with Crippen LogP contribution in [0.1, 0.15) is 18.4 Å². The van der Waals surface area contributed by atoms with Gasteiger partial charge in [0.1, 0.15) is 11.5 Å². The molecule has 0 spiro atoms. The van der Waals surface area contributed by atoms with Crippen molar-refractivity contribution >= 4 is 12.0 Å². The quantitative estimate of drug-likeness (QED) is 0.824. The number of hydrogen-bond donors (Lipinski definition) is 1. The van der Waals surface area contributed by atoms with Crippen LogP contribution in [0.15, 0.2) is 24.3 Å². The third-order valence-corrected chi connectivity index (χ3v) is 2.26.